The fourth-order valence-corrected chi connectivity index (χ4v) is 1.53. The fraction of sp³-hybridized carbons (Fsp3) is 0.538. The Morgan fingerprint density at radius 1 is 1.44 bits per heavy atom. The van der Waals surface area contributed by atoms with Gasteiger partial charge in [-0.15, -0.1) is 0 Å². The van der Waals surface area contributed by atoms with E-state index in [2.05, 4.69) is 9.88 Å². The summed E-state index contributed by atoms with van der Waals surface area (Å²) < 4.78 is 0. The van der Waals surface area contributed by atoms with Crippen LogP contribution in [0.3, 0.4) is 0 Å². The van der Waals surface area contributed by atoms with Crippen LogP contribution in [0.5, 0.6) is 0 Å². The van der Waals surface area contributed by atoms with E-state index in [1.54, 1.807) is 20.3 Å². The van der Waals surface area contributed by atoms with Crippen LogP contribution < -0.4 is 10.6 Å². The molecule has 0 aliphatic heterocycles. The zero-order chi connectivity index (χ0) is 13.7. The van der Waals surface area contributed by atoms with Gasteiger partial charge in [0.2, 0.25) is 0 Å². The first-order chi connectivity index (χ1) is 8.41. The lowest BCUT2D eigenvalue weighted by atomic mass is 10.2. The number of hydrogen-bond acceptors (Lipinski definition) is 4. The van der Waals surface area contributed by atoms with Crippen LogP contribution in [0.25, 0.3) is 0 Å². The van der Waals surface area contributed by atoms with Crippen molar-refractivity contribution in [3.63, 3.8) is 0 Å². The van der Waals surface area contributed by atoms with Crippen LogP contribution in [0, 0.1) is 0 Å². The van der Waals surface area contributed by atoms with E-state index in [1.165, 1.54) is 4.90 Å². The quantitative estimate of drug-likeness (QED) is 0.845. The fourth-order valence-electron chi connectivity index (χ4n) is 1.53. The molecule has 1 aromatic rings. The van der Waals surface area contributed by atoms with E-state index in [0.717, 1.165) is 18.7 Å². The SMILES string of the molecule is CC(N)CCN(C)c1ccnc(C(=O)N(C)C)c1. The highest BCUT2D eigenvalue weighted by Crippen LogP contribution is 2.14. The van der Waals surface area contributed by atoms with Gasteiger partial charge in [-0.05, 0) is 25.5 Å². The molecule has 0 fully saturated rings. The Morgan fingerprint density at radius 3 is 2.67 bits per heavy atom. The number of hydrogen-bond donors (Lipinski definition) is 1. The third-order valence-electron chi connectivity index (χ3n) is 2.73. The van der Waals surface area contributed by atoms with E-state index in [1.807, 2.05) is 26.1 Å². The third kappa shape index (κ3) is 4.00. The van der Waals surface area contributed by atoms with Crippen molar-refractivity contribution in [3.05, 3.63) is 24.0 Å². The second kappa shape index (κ2) is 6.35. The van der Waals surface area contributed by atoms with Crippen LogP contribution in [0.1, 0.15) is 23.8 Å². The highest BCUT2D eigenvalue weighted by molar-refractivity contribution is 5.92. The Hall–Kier alpha value is -1.62. The van der Waals surface area contributed by atoms with Gasteiger partial charge in [0.25, 0.3) is 5.91 Å². The number of anilines is 1. The molecule has 1 amide bonds. The van der Waals surface area contributed by atoms with E-state index < -0.39 is 0 Å². The van der Waals surface area contributed by atoms with Crippen LogP contribution in [-0.4, -0.2) is 49.5 Å². The molecule has 0 aliphatic rings. The minimum Gasteiger partial charge on any atom is -0.374 e. The average Bonchev–Trinajstić information content (AvgIpc) is 2.34. The van der Waals surface area contributed by atoms with Gasteiger partial charge in [0.05, 0.1) is 0 Å². The molecule has 18 heavy (non-hydrogen) atoms. The zero-order valence-corrected chi connectivity index (χ0v) is 11.6. The molecule has 5 heteroatoms. The molecule has 1 rings (SSSR count). The Labute approximate surface area is 109 Å². The number of nitrogens with zero attached hydrogens (tertiary/aromatic N) is 3. The lowest BCUT2D eigenvalue weighted by molar-refractivity contribution is 0.0822. The van der Waals surface area contributed by atoms with Crippen LogP contribution in [0.15, 0.2) is 18.3 Å². The lowest BCUT2D eigenvalue weighted by Gasteiger charge is -2.21. The monoisotopic (exact) mass is 250 g/mol. The summed E-state index contributed by atoms with van der Waals surface area (Å²) in [5.74, 6) is -0.0857. The number of amides is 1. The number of aromatic nitrogens is 1. The second-order valence-corrected chi connectivity index (χ2v) is 4.79. The lowest BCUT2D eigenvalue weighted by Crippen LogP contribution is -2.27. The summed E-state index contributed by atoms with van der Waals surface area (Å²) in [7, 11) is 5.43. The summed E-state index contributed by atoms with van der Waals surface area (Å²) in [4.78, 5) is 19.5. The molecule has 0 saturated heterocycles. The Morgan fingerprint density at radius 2 is 2.11 bits per heavy atom. The largest absolute Gasteiger partial charge is 0.374 e. The molecule has 0 radical (unpaired) electrons. The first-order valence-electron chi connectivity index (χ1n) is 6.06. The van der Waals surface area contributed by atoms with Gasteiger partial charge < -0.3 is 15.5 Å². The van der Waals surface area contributed by atoms with Gasteiger partial charge in [0, 0.05) is 45.6 Å². The van der Waals surface area contributed by atoms with E-state index in [-0.39, 0.29) is 11.9 Å². The van der Waals surface area contributed by atoms with Crippen molar-refractivity contribution in [2.24, 2.45) is 5.73 Å². The summed E-state index contributed by atoms with van der Waals surface area (Å²) in [6, 6.07) is 3.88. The van der Waals surface area contributed by atoms with E-state index in [9.17, 15) is 4.79 Å². The average molecular weight is 250 g/mol. The summed E-state index contributed by atoms with van der Waals surface area (Å²) in [5, 5.41) is 0. The first-order valence-corrected chi connectivity index (χ1v) is 6.06. The van der Waals surface area contributed by atoms with Crippen LogP contribution in [0.4, 0.5) is 5.69 Å². The van der Waals surface area contributed by atoms with Gasteiger partial charge in [0.15, 0.2) is 0 Å². The van der Waals surface area contributed by atoms with E-state index >= 15 is 0 Å². The van der Waals surface area contributed by atoms with Gasteiger partial charge in [-0.3, -0.25) is 9.78 Å². The Kier molecular flexibility index (Phi) is 5.09. The van der Waals surface area contributed by atoms with Crippen molar-refractivity contribution in [3.8, 4) is 0 Å². The molecule has 0 bridgehead atoms. The number of carbonyl (C=O) groups excluding carboxylic acids is 1. The van der Waals surface area contributed by atoms with Crippen LogP contribution in [0.2, 0.25) is 0 Å². The van der Waals surface area contributed by atoms with E-state index in [4.69, 9.17) is 5.73 Å². The van der Waals surface area contributed by atoms with Crippen molar-refractivity contribution in [1.29, 1.82) is 0 Å². The number of nitrogens with two attached hydrogens (primary N) is 1. The van der Waals surface area contributed by atoms with Gasteiger partial charge in [0.1, 0.15) is 5.69 Å². The molecule has 1 unspecified atom stereocenters. The van der Waals surface area contributed by atoms with Gasteiger partial charge in [-0.2, -0.15) is 0 Å². The minimum atomic E-state index is -0.0857. The maximum absolute atomic E-state index is 11.8. The van der Waals surface area contributed by atoms with Crippen molar-refractivity contribution < 1.29 is 4.79 Å². The highest BCUT2D eigenvalue weighted by Gasteiger charge is 2.11. The molecule has 1 heterocycles. The summed E-state index contributed by atoms with van der Waals surface area (Å²) in [5.41, 5.74) is 7.18. The van der Waals surface area contributed by atoms with Crippen molar-refractivity contribution in [2.75, 3.05) is 32.6 Å². The standard InChI is InChI=1S/C13H22N4O/c1-10(14)6-8-17(4)11-5-7-15-12(9-11)13(18)16(2)3/h5,7,9-10H,6,8,14H2,1-4H3. The molecule has 0 spiro atoms. The summed E-state index contributed by atoms with van der Waals surface area (Å²) in [6.07, 6.45) is 2.57. The molecule has 1 atom stereocenters. The zero-order valence-electron chi connectivity index (χ0n) is 11.6. The Balaban J connectivity index is 2.78. The topological polar surface area (TPSA) is 62.5 Å². The minimum absolute atomic E-state index is 0.0857. The van der Waals surface area contributed by atoms with Crippen molar-refractivity contribution in [2.45, 2.75) is 19.4 Å². The van der Waals surface area contributed by atoms with Gasteiger partial charge in [-0.25, -0.2) is 0 Å². The predicted molar refractivity (Wildman–Crippen MR) is 73.8 cm³/mol. The molecular weight excluding hydrogens is 228 g/mol. The van der Waals surface area contributed by atoms with Crippen molar-refractivity contribution >= 4 is 11.6 Å². The van der Waals surface area contributed by atoms with Gasteiger partial charge >= 0.3 is 0 Å². The summed E-state index contributed by atoms with van der Waals surface area (Å²) >= 11 is 0. The second-order valence-electron chi connectivity index (χ2n) is 4.79. The number of carbonyl (C=O) groups is 1. The Bertz CT molecular complexity index is 404. The normalized spacial score (nSPS) is 12.1. The molecule has 0 aliphatic carbocycles. The maximum atomic E-state index is 11.8. The molecule has 2 N–H and O–H groups in total. The maximum Gasteiger partial charge on any atom is 0.272 e. The smallest absolute Gasteiger partial charge is 0.272 e. The highest BCUT2D eigenvalue weighted by atomic mass is 16.2. The third-order valence-corrected chi connectivity index (χ3v) is 2.73. The molecular formula is C13H22N4O. The van der Waals surface area contributed by atoms with Crippen LogP contribution in [-0.2, 0) is 0 Å². The van der Waals surface area contributed by atoms with Gasteiger partial charge in [-0.1, -0.05) is 0 Å². The van der Waals surface area contributed by atoms with Crippen molar-refractivity contribution in [1.82, 2.24) is 9.88 Å². The molecule has 100 valence electrons. The summed E-state index contributed by atoms with van der Waals surface area (Å²) in [6.45, 7) is 2.85. The number of rotatable bonds is 5. The number of pyridine rings is 1. The molecule has 0 saturated carbocycles. The molecule has 1 aromatic heterocycles. The predicted octanol–water partition coefficient (Wildman–Crippen LogP) is 0.957. The first kappa shape index (κ1) is 14.4. The molecule has 5 nitrogen and oxygen atoms in total. The molecule has 0 aromatic carbocycles. The van der Waals surface area contributed by atoms with E-state index in [0.29, 0.717) is 5.69 Å². The van der Waals surface area contributed by atoms with Crippen LogP contribution >= 0.6 is 0 Å².